The van der Waals surface area contributed by atoms with Crippen LogP contribution in [0, 0.1) is 0 Å². The van der Waals surface area contributed by atoms with Crippen molar-refractivity contribution in [2.45, 2.75) is 43.0 Å². The van der Waals surface area contributed by atoms with Crippen molar-refractivity contribution in [2.24, 2.45) is 0 Å². The highest BCUT2D eigenvalue weighted by molar-refractivity contribution is 9.09. The first-order valence-electron chi connectivity index (χ1n) is 12.5. The number of nitrogens with one attached hydrogen (secondary N) is 1. The van der Waals surface area contributed by atoms with E-state index in [0.717, 1.165) is 22.2 Å². The van der Waals surface area contributed by atoms with Crippen LogP contribution in [0.15, 0.2) is 60.3 Å². The second-order valence-corrected chi connectivity index (χ2v) is 11.7. The quantitative estimate of drug-likeness (QED) is 0.205. The van der Waals surface area contributed by atoms with Gasteiger partial charge in [0.2, 0.25) is 16.9 Å². The van der Waals surface area contributed by atoms with E-state index in [2.05, 4.69) is 35.1 Å². The van der Waals surface area contributed by atoms with Crippen molar-refractivity contribution in [2.75, 3.05) is 12.1 Å². The molecule has 3 heterocycles. The first kappa shape index (κ1) is 27.9. The standard InChI is InChI=1S/C28H26BrN3O7S/c1-15(2)17-8-10-19(11-9-17)39-22-25(36)31-13-18(12-29)28(30-16(3)33,40-26(22)31)27(37)38-14-32-23(34)20-6-4-5-7-21(20)24(32)35/h4-11,13,15,22,26H,12,14H2,1-3H3,(H,30,33)/t22?,26-,28?/m1/s1. The number of halogens is 1. The molecule has 2 aromatic rings. The molecule has 0 bridgehead atoms. The van der Waals surface area contributed by atoms with Crippen LogP contribution in [0.3, 0.4) is 0 Å². The second kappa shape index (κ2) is 10.7. The third-order valence-electron chi connectivity index (χ3n) is 6.87. The number of amides is 4. The molecular formula is C28H26BrN3O7S. The highest BCUT2D eigenvalue weighted by Crippen LogP contribution is 2.48. The number of esters is 1. The Morgan fingerprint density at radius 1 is 1.05 bits per heavy atom. The van der Waals surface area contributed by atoms with Crippen LogP contribution in [-0.2, 0) is 19.1 Å². The highest BCUT2D eigenvalue weighted by atomic mass is 79.9. The third kappa shape index (κ3) is 4.68. The predicted octanol–water partition coefficient (Wildman–Crippen LogP) is 3.38. The largest absolute Gasteiger partial charge is 0.477 e. The molecule has 3 atom stereocenters. The summed E-state index contributed by atoms with van der Waals surface area (Å²) in [5.74, 6) is -2.03. The van der Waals surface area contributed by atoms with Crippen molar-refractivity contribution in [1.82, 2.24) is 15.1 Å². The number of thioether (sulfide) groups is 1. The first-order chi connectivity index (χ1) is 19.1. The van der Waals surface area contributed by atoms with Crippen LogP contribution >= 0.6 is 27.7 Å². The monoisotopic (exact) mass is 627 g/mol. The smallest absolute Gasteiger partial charge is 0.348 e. The maximum absolute atomic E-state index is 13.7. The summed E-state index contributed by atoms with van der Waals surface area (Å²) in [7, 11) is 0. The maximum atomic E-state index is 13.7. The molecule has 0 aromatic heterocycles. The topological polar surface area (TPSA) is 122 Å². The number of carbonyl (C=O) groups is 5. The zero-order valence-electron chi connectivity index (χ0n) is 21.9. The lowest BCUT2D eigenvalue weighted by atomic mass is 10.0. The molecule has 0 saturated carbocycles. The molecule has 12 heteroatoms. The minimum absolute atomic E-state index is 0.126. The lowest BCUT2D eigenvalue weighted by Crippen LogP contribution is -2.69. The Labute approximate surface area is 243 Å². The van der Waals surface area contributed by atoms with Crippen molar-refractivity contribution < 1.29 is 33.4 Å². The van der Waals surface area contributed by atoms with Gasteiger partial charge in [0, 0.05) is 24.0 Å². The number of imide groups is 1. The van der Waals surface area contributed by atoms with E-state index in [1.807, 2.05) is 12.1 Å². The van der Waals surface area contributed by atoms with Gasteiger partial charge in [-0.15, -0.1) is 0 Å². The van der Waals surface area contributed by atoms with Gasteiger partial charge in [0.15, 0.2) is 6.73 Å². The molecular weight excluding hydrogens is 602 g/mol. The summed E-state index contributed by atoms with van der Waals surface area (Å²) in [6, 6.07) is 13.8. The summed E-state index contributed by atoms with van der Waals surface area (Å²) in [5.41, 5.74) is 1.91. The van der Waals surface area contributed by atoms with Gasteiger partial charge in [-0.05, 0) is 35.7 Å². The summed E-state index contributed by atoms with van der Waals surface area (Å²) in [5, 5.41) is 2.16. The molecule has 0 radical (unpaired) electrons. The van der Waals surface area contributed by atoms with Crippen LogP contribution in [0.25, 0.3) is 0 Å². The average Bonchev–Trinajstić information content (AvgIpc) is 3.18. The van der Waals surface area contributed by atoms with Crippen LogP contribution in [0.1, 0.15) is 53.0 Å². The summed E-state index contributed by atoms with van der Waals surface area (Å²) in [4.78, 5) is 65.0. The highest BCUT2D eigenvalue weighted by Gasteiger charge is 2.60. The molecule has 10 nitrogen and oxygen atoms in total. The Morgan fingerprint density at radius 3 is 2.23 bits per heavy atom. The summed E-state index contributed by atoms with van der Waals surface area (Å²) in [6.45, 7) is 4.77. The fourth-order valence-corrected chi connectivity index (χ4v) is 7.03. The lowest BCUT2D eigenvalue weighted by Gasteiger charge is -2.51. The molecule has 3 aliphatic rings. The number of benzene rings is 2. The average molecular weight is 629 g/mol. The van der Waals surface area contributed by atoms with Gasteiger partial charge in [0.1, 0.15) is 11.1 Å². The molecule has 3 aliphatic heterocycles. The van der Waals surface area contributed by atoms with Crippen molar-refractivity contribution in [3.63, 3.8) is 0 Å². The number of nitrogens with zero attached hydrogens (tertiary/aromatic N) is 2. The molecule has 5 rings (SSSR count). The van der Waals surface area contributed by atoms with Gasteiger partial charge < -0.3 is 14.8 Å². The number of ether oxygens (including phenoxy) is 2. The molecule has 0 aliphatic carbocycles. The Balaban J connectivity index is 1.37. The molecule has 1 N–H and O–H groups in total. The first-order valence-corrected chi connectivity index (χ1v) is 14.5. The van der Waals surface area contributed by atoms with Crippen molar-refractivity contribution >= 4 is 57.3 Å². The van der Waals surface area contributed by atoms with Gasteiger partial charge in [-0.3, -0.25) is 24.1 Å². The summed E-state index contributed by atoms with van der Waals surface area (Å²) >= 11 is 4.35. The van der Waals surface area contributed by atoms with Crippen molar-refractivity contribution in [3.8, 4) is 5.75 Å². The van der Waals surface area contributed by atoms with E-state index in [-0.39, 0.29) is 22.4 Å². The van der Waals surface area contributed by atoms with Crippen molar-refractivity contribution in [3.05, 3.63) is 77.0 Å². The van der Waals surface area contributed by atoms with Crippen LogP contribution in [0.5, 0.6) is 5.75 Å². The zero-order valence-corrected chi connectivity index (χ0v) is 24.3. The van der Waals surface area contributed by atoms with Crippen molar-refractivity contribution in [1.29, 1.82) is 0 Å². The minimum Gasteiger partial charge on any atom is -0.477 e. The molecule has 4 amide bonds. The van der Waals surface area contributed by atoms with E-state index in [9.17, 15) is 24.0 Å². The van der Waals surface area contributed by atoms with Crippen LogP contribution in [0.4, 0.5) is 0 Å². The Bertz CT molecular complexity index is 1410. The van der Waals surface area contributed by atoms with Gasteiger partial charge in [0.05, 0.1) is 11.1 Å². The van der Waals surface area contributed by atoms with Gasteiger partial charge in [-0.2, -0.15) is 0 Å². The molecule has 1 fully saturated rings. The summed E-state index contributed by atoms with van der Waals surface area (Å²) < 4.78 is 11.5. The fourth-order valence-electron chi connectivity index (χ4n) is 4.71. The van der Waals surface area contributed by atoms with Crippen LogP contribution < -0.4 is 10.1 Å². The number of carbonyl (C=O) groups excluding carboxylic acids is 5. The van der Waals surface area contributed by atoms with E-state index < -0.39 is 46.8 Å². The predicted molar refractivity (Wildman–Crippen MR) is 149 cm³/mol. The molecule has 2 unspecified atom stereocenters. The molecule has 40 heavy (non-hydrogen) atoms. The Morgan fingerprint density at radius 2 is 1.68 bits per heavy atom. The molecule has 208 valence electrons. The SMILES string of the molecule is CC(=O)NC1(C(=O)OCN2C(=O)c3ccccc3C2=O)S[C@@H]2C(Oc3ccc(C(C)C)cc3)C(=O)N2C=C1CBr. The number of β-lactam (4-membered cyclic amide) rings is 1. The van der Waals surface area contributed by atoms with E-state index >= 15 is 0 Å². The van der Waals surface area contributed by atoms with Gasteiger partial charge in [-0.1, -0.05) is 65.8 Å². The third-order valence-corrected chi connectivity index (χ3v) is 9.08. The maximum Gasteiger partial charge on any atom is 0.348 e. The zero-order chi connectivity index (χ0) is 28.8. The van der Waals surface area contributed by atoms with E-state index in [4.69, 9.17) is 9.47 Å². The number of hydrogen-bond donors (Lipinski definition) is 1. The molecule has 2 aromatic carbocycles. The fraction of sp³-hybridized carbons (Fsp3) is 0.321. The Hall–Kier alpha value is -3.64. The second-order valence-electron chi connectivity index (χ2n) is 9.81. The normalized spacial score (nSPS) is 23.3. The molecule has 1 saturated heterocycles. The van der Waals surface area contributed by atoms with Gasteiger partial charge in [0.25, 0.3) is 17.7 Å². The van der Waals surface area contributed by atoms with E-state index in [0.29, 0.717) is 17.2 Å². The van der Waals surface area contributed by atoms with Gasteiger partial charge in [-0.25, -0.2) is 9.69 Å². The number of fused-ring (bicyclic) bond motifs is 2. The van der Waals surface area contributed by atoms with Crippen LogP contribution in [-0.4, -0.2) is 67.8 Å². The number of rotatable bonds is 8. The minimum atomic E-state index is -1.74. The number of hydrogen-bond acceptors (Lipinski definition) is 8. The van der Waals surface area contributed by atoms with Crippen LogP contribution in [0.2, 0.25) is 0 Å². The van der Waals surface area contributed by atoms with E-state index in [1.165, 1.54) is 30.2 Å². The van der Waals surface area contributed by atoms with E-state index in [1.54, 1.807) is 24.3 Å². The lowest BCUT2D eigenvalue weighted by molar-refractivity contribution is -0.154. The van der Waals surface area contributed by atoms with Gasteiger partial charge >= 0.3 is 5.97 Å². The summed E-state index contributed by atoms with van der Waals surface area (Å²) in [6.07, 6.45) is 0.583. The number of alkyl halides is 1. The Kier molecular flexibility index (Phi) is 7.49. The molecule has 0 spiro atoms.